The highest BCUT2D eigenvalue weighted by Crippen LogP contribution is 2.35. The molecule has 2 aromatic rings. The summed E-state index contributed by atoms with van der Waals surface area (Å²) in [5, 5.41) is 4.81. The summed E-state index contributed by atoms with van der Waals surface area (Å²) in [6.07, 6.45) is 1.03. The summed E-state index contributed by atoms with van der Waals surface area (Å²) >= 11 is 0. The third-order valence-electron chi connectivity index (χ3n) is 4.41. The minimum Gasteiger partial charge on any atom is -0.358 e. The molecule has 112 valence electrons. The molecule has 1 aromatic carbocycles. The second kappa shape index (κ2) is 6.04. The Morgan fingerprint density at radius 1 is 1.29 bits per heavy atom. The van der Waals surface area contributed by atoms with Crippen molar-refractivity contribution in [2.45, 2.75) is 26.3 Å². The number of para-hydroxylation sites is 1. The van der Waals surface area contributed by atoms with E-state index in [0.717, 1.165) is 32.6 Å². The third kappa shape index (κ3) is 2.89. The zero-order valence-corrected chi connectivity index (χ0v) is 13.1. The summed E-state index contributed by atoms with van der Waals surface area (Å²) in [5.41, 5.74) is 5.24. The number of nitrogens with one attached hydrogen (secondary N) is 2. The molecule has 0 spiro atoms. The van der Waals surface area contributed by atoms with Gasteiger partial charge in [0.2, 0.25) is 0 Å². The number of aryl methyl sites for hydroxylation is 1. The van der Waals surface area contributed by atoms with E-state index in [1.807, 2.05) is 0 Å². The van der Waals surface area contributed by atoms with E-state index < -0.39 is 0 Å². The van der Waals surface area contributed by atoms with Crippen LogP contribution in [0.3, 0.4) is 0 Å². The van der Waals surface area contributed by atoms with E-state index in [1.165, 1.54) is 27.7 Å². The standard InChI is InChI=1S/C18H25N3/c1-13(2)12-17(21-10-8-19-9-11-21)18-14(3)20-16-7-5-4-6-15(16)18/h4-7,17,19-20H,1,8-12H2,2-3H3/t17-/m0/s1. The molecule has 1 aromatic heterocycles. The molecule has 1 aliphatic rings. The van der Waals surface area contributed by atoms with Gasteiger partial charge in [0, 0.05) is 48.8 Å². The van der Waals surface area contributed by atoms with Crippen LogP contribution in [0.25, 0.3) is 10.9 Å². The van der Waals surface area contributed by atoms with Gasteiger partial charge in [-0.15, -0.1) is 6.58 Å². The van der Waals surface area contributed by atoms with Crippen molar-refractivity contribution in [2.24, 2.45) is 0 Å². The lowest BCUT2D eigenvalue weighted by Crippen LogP contribution is -2.45. The van der Waals surface area contributed by atoms with Crippen LogP contribution < -0.4 is 5.32 Å². The van der Waals surface area contributed by atoms with Crippen LogP contribution in [0.4, 0.5) is 0 Å². The maximum atomic E-state index is 4.16. The molecule has 1 saturated heterocycles. The maximum absolute atomic E-state index is 4.16. The number of H-pyrrole nitrogens is 1. The summed E-state index contributed by atoms with van der Waals surface area (Å²) in [6, 6.07) is 9.07. The monoisotopic (exact) mass is 283 g/mol. The van der Waals surface area contributed by atoms with E-state index in [9.17, 15) is 0 Å². The van der Waals surface area contributed by atoms with Gasteiger partial charge >= 0.3 is 0 Å². The normalized spacial score (nSPS) is 18.0. The highest BCUT2D eigenvalue weighted by Gasteiger charge is 2.26. The Hall–Kier alpha value is -1.58. The van der Waals surface area contributed by atoms with Gasteiger partial charge in [-0.25, -0.2) is 0 Å². The highest BCUT2D eigenvalue weighted by molar-refractivity contribution is 5.85. The molecule has 3 rings (SSSR count). The first-order valence-electron chi connectivity index (χ1n) is 7.83. The Balaban J connectivity index is 2.04. The highest BCUT2D eigenvalue weighted by atomic mass is 15.2. The van der Waals surface area contributed by atoms with E-state index in [2.05, 4.69) is 59.9 Å². The smallest absolute Gasteiger partial charge is 0.0459 e. The molecule has 3 nitrogen and oxygen atoms in total. The molecule has 0 unspecified atom stereocenters. The van der Waals surface area contributed by atoms with Crippen molar-refractivity contribution < 1.29 is 0 Å². The summed E-state index contributed by atoms with van der Waals surface area (Å²) in [6.45, 7) is 12.9. The number of nitrogens with zero attached hydrogens (tertiary/aromatic N) is 1. The van der Waals surface area contributed by atoms with Gasteiger partial charge in [-0.3, -0.25) is 4.90 Å². The topological polar surface area (TPSA) is 31.1 Å². The lowest BCUT2D eigenvalue weighted by molar-refractivity contribution is 0.173. The lowest BCUT2D eigenvalue weighted by atomic mass is 9.95. The number of aromatic amines is 1. The number of piperazine rings is 1. The second-order valence-electron chi connectivity index (χ2n) is 6.17. The fourth-order valence-corrected chi connectivity index (χ4v) is 3.47. The van der Waals surface area contributed by atoms with E-state index in [-0.39, 0.29) is 0 Å². The van der Waals surface area contributed by atoms with Crippen molar-refractivity contribution in [1.82, 2.24) is 15.2 Å². The summed E-state index contributed by atoms with van der Waals surface area (Å²) in [5.74, 6) is 0. The first-order valence-corrected chi connectivity index (χ1v) is 7.83. The van der Waals surface area contributed by atoms with E-state index >= 15 is 0 Å². The first-order chi connectivity index (χ1) is 10.2. The molecule has 1 atom stereocenters. The number of benzene rings is 1. The Morgan fingerprint density at radius 2 is 2.00 bits per heavy atom. The van der Waals surface area contributed by atoms with Gasteiger partial charge in [0.1, 0.15) is 0 Å². The van der Waals surface area contributed by atoms with Gasteiger partial charge in [0.05, 0.1) is 0 Å². The van der Waals surface area contributed by atoms with Gasteiger partial charge in [-0.1, -0.05) is 23.8 Å². The van der Waals surface area contributed by atoms with Crippen molar-refractivity contribution in [3.63, 3.8) is 0 Å². The van der Waals surface area contributed by atoms with Crippen molar-refractivity contribution in [3.8, 4) is 0 Å². The number of hydrogen-bond donors (Lipinski definition) is 2. The molecule has 0 radical (unpaired) electrons. The molecule has 21 heavy (non-hydrogen) atoms. The summed E-state index contributed by atoms with van der Waals surface area (Å²) < 4.78 is 0. The Bertz CT molecular complexity index is 635. The van der Waals surface area contributed by atoms with E-state index in [4.69, 9.17) is 0 Å². The van der Waals surface area contributed by atoms with Crippen LogP contribution in [0.2, 0.25) is 0 Å². The Labute approximate surface area is 127 Å². The molecule has 0 amide bonds. The number of fused-ring (bicyclic) bond motifs is 1. The number of hydrogen-bond acceptors (Lipinski definition) is 2. The molecular weight excluding hydrogens is 258 g/mol. The van der Waals surface area contributed by atoms with Crippen LogP contribution in [0.5, 0.6) is 0 Å². The van der Waals surface area contributed by atoms with Gasteiger partial charge in [-0.2, -0.15) is 0 Å². The van der Waals surface area contributed by atoms with Gasteiger partial charge in [0.25, 0.3) is 0 Å². The zero-order valence-electron chi connectivity index (χ0n) is 13.1. The molecule has 1 aliphatic heterocycles. The Morgan fingerprint density at radius 3 is 2.71 bits per heavy atom. The van der Waals surface area contributed by atoms with Crippen LogP contribution in [0.15, 0.2) is 36.4 Å². The van der Waals surface area contributed by atoms with Gasteiger partial charge in [-0.05, 0) is 31.9 Å². The molecule has 2 heterocycles. The van der Waals surface area contributed by atoms with E-state index in [0.29, 0.717) is 6.04 Å². The minimum atomic E-state index is 0.431. The van der Waals surface area contributed by atoms with Crippen LogP contribution in [0, 0.1) is 6.92 Å². The van der Waals surface area contributed by atoms with Crippen LogP contribution in [-0.2, 0) is 0 Å². The van der Waals surface area contributed by atoms with Crippen LogP contribution in [0.1, 0.15) is 30.6 Å². The maximum Gasteiger partial charge on any atom is 0.0459 e. The third-order valence-corrected chi connectivity index (χ3v) is 4.41. The average molecular weight is 283 g/mol. The molecule has 0 aliphatic carbocycles. The van der Waals surface area contributed by atoms with Crippen LogP contribution in [-0.4, -0.2) is 36.1 Å². The largest absolute Gasteiger partial charge is 0.358 e. The van der Waals surface area contributed by atoms with Gasteiger partial charge in [0.15, 0.2) is 0 Å². The van der Waals surface area contributed by atoms with Crippen LogP contribution >= 0.6 is 0 Å². The molecule has 3 heteroatoms. The van der Waals surface area contributed by atoms with Crippen molar-refractivity contribution >= 4 is 10.9 Å². The van der Waals surface area contributed by atoms with Crippen molar-refractivity contribution in [1.29, 1.82) is 0 Å². The van der Waals surface area contributed by atoms with Gasteiger partial charge < -0.3 is 10.3 Å². The molecule has 0 bridgehead atoms. The second-order valence-corrected chi connectivity index (χ2v) is 6.17. The van der Waals surface area contributed by atoms with Crippen molar-refractivity contribution in [3.05, 3.63) is 47.7 Å². The summed E-state index contributed by atoms with van der Waals surface area (Å²) in [7, 11) is 0. The summed E-state index contributed by atoms with van der Waals surface area (Å²) in [4.78, 5) is 6.15. The fraction of sp³-hybridized carbons (Fsp3) is 0.444. The number of rotatable bonds is 4. The lowest BCUT2D eigenvalue weighted by Gasteiger charge is -2.35. The fourth-order valence-electron chi connectivity index (χ4n) is 3.47. The molecule has 2 N–H and O–H groups in total. The molecule has 0 saturated carbocycles. The predicted molar refractivity (Wildman–Crippen MR) is 89.7 cm³/mol. The SMILES string of the molecule is C=C(C)C[C@@H](c1c(C)[nH]c2ccccc12)N1CCNCC1. The quantitative estimate of drug-likeness (QED) is 0.843. The number of aromatic nitrogens is 1. The Kier molecular flexibility index (Phi) is 4.13. The minimum absolute atomic E-state index is 0.431. The van der Waals surface area contributed by atoms with E-state index in [1.54, 1.807) is 0 Å². The van der Waals surface area contributed by atoms with Crippen molar-refractivity contribution in [2.75, 3.05) is 26.2 Å². The first kappa shape index (κ1) is 14.4. The molecular formula is C18H25N3. The molecule has 1 fully saturated rings. The zero-order chi connectivity index (χ0) is 14.8. The average Bonchev–Trinajstić information content (AvgIpc) is 2.81. The predicted octanol–water partition coefficient (Wildman–Crippen LogP) is 3.39.